The number of aliphatic imine (C=N–C) groups is 1. The van der Waals surface area contributed by atoms with Crippen LogP contribution < -0.4 is 4.74 Å². The first-order valence-electron chi connectivity index (χ1n) is 11.2. The van der Waals surface area contributed by atoms with Crippen LogP contribution in [0.4, 0.5) is 5.69 Å². The molecule has 0 saturated carbocycles. The number of carbonyl (C=O) groups excluding carboxylic acids is 1. The van der Waals surface area contributed by atoms with Gasteiger partial charge in [-0.3, -0.25) is 9.69 Å². The maximum Gasteiger partial charge on any atom is 0.267 e. The van der Waals surface area contributed by atoms with Gasteiger partial charge in [0.15, 0.2) is 5.17 Å². The Balaban J connectivity index is 1.36. The minimum absolute atomic E-state index is 0.132. The topological polar surface area (TPSA) is 55.0 Å². The van der Waals surface area contributed by atoms with E-state index in [1.54, 1.807) is 29.4 Å². The Morgan fingerprint density at radius 3 is 2.57 bits per heavy atom. The summed E-state index contributed by atoms with van der Waals surface area (Å²) in [6.45, 7) is 0.637. The molecule has 0 aliphatic carbocycles. The van der Waals surface area contributed by atoms with Crippen LogP contribution in [0, 0.1) is 0 Å². The van der Waals surface area contributed by atoms with E-state index in [-0.39, 0.29) is 5.91 Å². The van der Waals surface area contributed by atoms with Gasteiger partial charge in [-0.2, -0.15) is 0 Å². The molecule has 0 radical (unpaired) electrons. The zero-order valence-corrected chi connectivity index (χ0v) is 23.2. The summed E-state index contributed by atoms with van der Waals surface area (Å²) in [5, 5.41) is 1.58. The summed E-state index contributed by atoms with van der Waals surface area (Å²) >= 11 is 17.0. The summed E-state index contributed by atoms with van der Waals surface area (Å²) < 4.78 is 12.2. The molecule has 0 atom stereocenters. The maximum atomic E-state index is 13.4. The van der Waals surface area contributed by atoms with E-state index in [1.165, 1.54) is 11.8 Å². The number of carbonyl (C=O) groups is 1. The van der Waals surface area contributed by atoms with E-state index in [2.05, 4.69) is 15.9 Å². The zero-order chi connectivity index (χ0) is 25.8. The van der Waals surface area contributed by atoms with Crippen LogP contribution in [-0.2, 0) is 17.9 Å². The van der Waals surface area contributed by atoms with Crippen LogP contribution in [0.25, 0.3) is 6.08 Å². The summed E-state index contributed by atoms with van der Waals surface area (Å²) in [6, 6.07) is 24.3. The Kier molecular flexibility index (Phi) is 8.05. The van der Waals surface area contributed by atoms with E-state index in [0.717, 1.165) is 21.3 Å². The lowest BCUT2D eigenvalue weighted by Crippen LogP contribution is -2.28. The van der Waals surface area contributed by atoms with Crippen LogP contribution in [0.2, 0.25) is 10.0 Å². The Morgan fingerprint density at radius 2 is 1.84 bits per heavy atom. The van der Waals surface area contributed by atoms with Crippen LogP contribution in [0.15, 0.2) is 104 Å². The zero-order valence-electron chi connectivity index (χ0n) is 19.2. The summed E-state index contributed by atoms with van der Waals surface area (Å²) in [6.07, 6.45) is 3.44. The molecule has 2 heterocycles. The molecular weight excluding hydrogens is 595 g/mol. The smallest absolute Gasteiger partial charge is 0.267 e. The van der Waals surface area contributed by atoms with Crippen molar-refractivity contribution in [3.63, 3.8) is 0 Å². The van der Waals surface area contributed by atoms with Crippen LogP contribution in [0.1, 0.15) is 16.9 Å². The monoisotopic (exact) mass is 612 g/mol. The number of benzene rings is 3. The second-order valence-electron chi connectivity index (χ2n) is 8.04. The molecule has 1 saturated heterocycles. The fraction of sp³-hybridized carbons (Fsp3) is 0.0714. The third kappa shape index (κ3) is 6.30. The van der Waals surface area contributed by atoms with Crippen molar-refractivity contribution >= 4 is 73.7 Å². The first-order valence-corrected chi connectivity index (χ1v) is 13.6. The molecule has 5 nitrogen and oxygen atoms in total. The van der Waals surface area contributed by atoms with Gasteiger partial charge in [-0.1, -0.05) is 53.5 Å². The van der Waals surface area contributed by atoms with E-state index in [0.29, 0.717) is 44.8 Å². The van der Waals surface area contributed by atoms with Crippen LogP contribution in [0.5, 0.6) is 5.75 Å². The van der Waals surface area contributed by atoms with E-state index in [1.807, 2.05) is 66.7 Å². The number of rotatable bonds is 7. The van der Waals surface area contributed by atoms with Gasteiger partial charge >= 0.3 is 0 Å². The van der Waals surface area contributed by atoms with Crippen molar-refractivity contribution in [1.29, 1.82) is 0 Å². The lowest BCUT2D eigenvalue weighted by Gasteiger charge is -2.13. The minimum atomic E-state index is -0.132. The average Bonchev–Trinajstić information content (AvgIpc) is 3.51. The number of thioether (sulfide) groups is 1. The lowest BCUT2D eigenvalue weighted by molar-refractivity contribution is -0.122. The molecule has 4 aromatic rings. The lowest BCUT2D eigenvalue weighted by atomic mass is 10.2. The summed E-state index contributed by atoms with van der Waals surface area (Å²) in [5.74, 6) is 1.22. The molecule has 186 valence electrons. The quantitative estimate of drug-likeness (QED) is 0.196. The molecule has 0 spiro atoms. The Hall–Kier alpha value is -2.97. The molecular formula is C28H19BrCl2N2O3S. The van der Waals surface area contributed by atoms with Gasteiger partial charge in [0.2, 0.25) is 0 Å². The third-order valence-corrected chi connectivity index (χ3v) is 7.76. The molecule has 1 aliphatic heterocycles. The van der Waals surface area contributed by atoms with Crippen LogP contribution in [0.3, 0.4) is 0 Å². The van der Waals surface area contributed by atoms with Gasteiger partial charge in [-0.15, -0.1) is 0 Å². The van der Waals surface area contributed by atoms with E-state index in [9.17, 15) is 4.79 Å². The first-order chi connectivity index (χ1) is 18.0. The minimum Gasteiger partial charge on any atom is -0.488 e. The number of hydrogen-bond acceptors (Lipinski definition) is 5. The highest BCUT2D eigenvalue weighted by Crippen LogP contribution is 2.36. The molecule has 0 unspecified atom stereocenters. The molecule has 0 N–H and O–H groups in total. The Labute approximate surface area is 236 Å². The maximum absolute atomic E-state index is 13.4. The number of furan rings is 1. The van der Waals surface area contributed by atoms with Crippen LogP contribution in [-0.4, -0.2) is 16.0 Å². The summed E-state index contributed by atoms with van der Waals surface area (Å²) in [5.41, 5.74) is 2.53. The molecule has 1 aromatic heterocycles. The fourth-order valence-corrected chi connectivity index (χ4v) is 5.40. The Bertz CT molecular complexity index is 1490. The average molecular weight is 614 g/mol. The molecule has 3 aromatic carbocycles. The third-order valence-electron chi connectivity index (χ3n) is 5.40. The van der Waals surface area contributed by atoms with Crippen molar-refractivity contribution in [2.75, 3.05) is 0 Å². The fourth-order valence-electron chi connectivity index (χ4n) is 3.57. The van der Waals surface area contributed by atoms with Crippen molar-refractivity contribution in [1.82, 2.24) is 4.90 Å². The number of ether oxygens (including phenoxy) is 1. The summed E-state index contributed by atoms with van der Waals surface area (Å²) in [4.78, 5) is 20.3. The van der Waals surface area contributed by atoms with E-state index >= 15 is 0 Å². The van der Waals surface area contributed by atoms with Crippen LogP contribution >= 0.6 is 50.9 Å². The highest BCUT2D eigenvalue weighted by molar-refractivity contribution is 9.10. The first kappa shape index (κ1) is 25.7. The van der Waals surface area contributed by atoms with Crippen molar-refractivity contribution < 1.29 is 13.9 Å². The molecule has 0 bridgehead atoms. The molecule has 37 heavy (non-hydrogen) atoms. The molecule has 1 aliphatic rings. The van der Waals surface area contributed by atoms with Crippen molar-refractivity contribution in [3.8, 4) is 5.75 Å². The molecule has 1 amide bonds. The highest BCUT2D eigenvalue weighted by atomic mass is 79.9. The van der Waals surface area contributed by atoms with E-state index < -0.39 is 0 Å². The van der Waals surface area contributed by atoms with Gasteiger partial charge in [-0.05, 0) is 93.4 Å². The highest BCUT2D eigenvalue weighted by Gasteiger charge is 2.34. The van der Waals surface area contributed by atoms with Gasteiger partial charge in [0, 0.05) is 0 Å². The van der Waals surface area contributed by atoms with Crippen molar-refractivity contribution in [2.45, 2.75) is 13.2 Å². The number of halogens is 3. The molecule has 5 rings (SSSR count). The number of para-hydroxylation sites is 1. The van der Waals surface area contributed by atoms with Crippen molar-refractivity contribution in [3.05, 3.63) is 121 Å². The van der Waals surface area contributed by atoms with Gasteiger partial charge in [0.05, 0.1) is 37.9 Å². The standard InChI is InChI=1S/C28H19BrCl2N2O3S/c29-22-13-18(9-11-25(22)36-17-19-8-10-23(30)24(31)14-19)15-26-27(34)33(16-21-7-4-12-35-21)28(37-26)32-20-5-2-1-3-6-20/h1-15H,16-17H2/b26-15-,32-28?. The Morgan fingerprint density at radius 1 is 1.00 bits per heavy atom. The van der Waals surface area contributed by atoms with Gasteiger partial charge < -0.3 is 9.15 Å². The largest absolute Gasteiger partial charge is 0.488 e. The number of nitrogens with zero attached hydrogens (tertiary/aromatic N) is 2. The van der Waals surface area contributed by atoms with Gasteiger partial charge in [0.25, 0.3) is 5.91 Å². The molecule has 1 fully saturated rings. The summed E-state index contributed by atoms with van der Waals surface area (Å²) in [7, 11) is 0. The second kappa shape index (κ2) is 11.6. The SMILES string of the molecule is O=C1/C(=C/c2ccc(OCc3ccc(Cl)c(Cl)c3)c(Br)c2)SC(=Nc2ccccc2)N1Cc1ccco1. The van der Waals surface area contributed by atoms with Gasteiger partial charge in [0.1, 0.15) is 18.1 Å². The van der Waals surface area contributed by atoms with Crippen molar-refractivity contribution in [2.24, 2.45) is 4.99 Å². The number of amidine groups is 1. The normalized spacial score (nSPS) is 15.6. The molecule has 9 heteroatoms. The van der Waals surface area contributed by atoms with Gasteiger partial charge in [-0.25, -0.2) is 4.99 Å². The predicted molar refractivity (Wildman–Crippen MR) is 153 cm³/mol. The van der Waals surface area contributed by atoms with E-state index in [4.69, 9.17) is 37.3 Å². The predicted octanol–water partition coefficient (Wildman–Crippen LogP) is 8.73. The number of amides is 1. The second-order valence-corrected chi connectivity index (χ2v) is 10.7. The number of hydrogen-bond donors (Lipinski definition) is 0.